The maximum Gasteiger partial charge on any atom is 0.253 e. The van der Waals surface area contributed by atoms with E-state index in [1.54, 1.807) is 0 Å². The zero-order valence-corrected chi connectivity index (χ0v) is 16.6. The molecule has 0 saturated carbocycles. The Morgan fingerprint density at radius 1 is 0.962 bits per heavy atom. The van der Waals surface area contributed by atoms with Gasteiger partial charge in [-0.25, -0.2) is 0 Å². The molecule has 0 aliphatic carbocycles. The van der Waals surface area contributed by atoms with Crippen molar-refractivity contribution >= 4 is 24.2 Å². The summed E-state index contributed by atoms with van der Waals surface area (Å²) >= 11 is 0. The summed E-state index contributed by atoms with van der Waals surface area (Å²) in [5, 5.41) is 3.34. The Labute approximate surface area is 162 Å². The summed E-state index contributed by atoms with van der Waals surface area (Å²) in [5.74, 6) is 0.227. The molecular weight excluding hydrogens is 350 g/mol. The predicted octanol–water partition coefficient (Wildman–Crippen LogP) is 2.40. The molecular formula is C20H30ClN3O2. The molecule has 144 valence electrons. The van der Waals surface area contributed by atoms with Gasteiger partial charge in [-0.3, -0.25) is 9.59 Å². The average molecular weight is 380 g/mol. The van der Waals surface area contributed by atoms with Crippen LogP contribution < -0.4 is 5.32 Å². The maximum atomic E-state index is 12.9. The molecule has 2 aliphatic heterocycles. The number of amides is 2. The minimum Gasteiger partial charge on any atom is -0.341 e. The van der Waals surface area contributed by atoms with E-state index in [1.165, 1.54) is 0 Å². The van der Waals surface area contributed by atoms with Crippen molar-refractivity contribution in [2.45, 2.75) is 33.1 Å². The molecule has 1 atom stereocenters. The lowest BCUT2D eigenvalue weighted by Gasteiger charge is -2.35. The van der Waals surface area contributed by atoms with E-state index in [1.807, 2.05) is 35.8 Å². The van der Waals surface area contributed by atoms with Crippen molar-refractivity contribution in [3.8, 4) is 0 Å². The second kappa shape index (κ2) is 9.38. The summed E-state index contributed by atoms with van der Waals surface area (Å²) in [4.78, 5) is 29.6. The number of likely N-dealkylation sites (tertiary alicyclic amines) is 1. The molecule has 0 aromatic heterocycles. The molecule has 0 radical (unpaired) electrons. The minimum atomic E-state index is -0.0540. The van der Waals surface area contributed by atoms with E-state index in [4.69, 9.17) is 0 Å². The van der Waals surface area contributed by atoms with Crippen molar-refractivity contribution < 1.29 is 9.59 Å². The third kappa shape index (κ3) is 4.98. The number of carbonyl (C=O) groups excluding carboxylic acids is 2. The zero-order chi connectivity index (χ0) is 17.8. The fourth-order valence-corrected chi connectivity index (χ4v) is 3.97. The van der Waals surface area contributed by atoms with Crippen molar-refractivity contribution in [1.82, 2.24) is 15.1 Å². The summed E-state index contributed by atoms with van der Waals surface area (Å²) in [7, 11) is 0. The highest BCUT2D eigenvalue weighted by Crippen LogP contribution is 2.22. The Kier molecular flexibility index (Phi) is 7.47. The SMILES string of the molecule is Cc1cc(C)cc(C(=O)N2CCCC(C(=O)N3CCCNCC3)C2)c1.Cl. The number of nitrogens with one attached hydrogen (secondary N) is 1. The van der Waals surface area contributed by atoms with Crippen LogP contribution in [-0.2, 0) is 4.79 Å². The molecule has 2 saturated heterocycles. The van der Waals surface area contributed by atoms with Crippen LogP contribution in [-0.4, -0.2) is 60.9 Å². The van der Waals surface area contributed by atoms with E-state index in [9.17, 15) is 9.59 Å². The lowest BCUT2D eigenvalue weighted by molar-refractivity contribution is -0.136. The summed E-state index contributed by atoms with van der Waals surface area (Å²) in [6.45, 7) is 8.77. The lowest BCUT2D eigenvalue weighted by Crippen LogP contribution is -2.47. The van der Waals surface area contributed by atoms with Crippen LogP contribution in [0.2, 0.25) is 0 Å². The van der Waals surface area contributed by atoms with Crippen molar-refractivity contribution in [3.05, 3.63) is 34.9 Å². The number of benzene rings is 1. The van der Waals surface area contributed by atoms with Gasteiger partial charge in [0.2, 0.25) is 5.91 Å². The van der Waals surface area contributed by atoms with Gasteiger partial charge in [-0.05, 0) is 51.8 Å². The largest absolute Gasteiger partial charge is 0.341 e. The molecule has 0 spiro atoms. The van der Waals surface area contributed by atoms with Gasteiger partial charge in [-0.2, -0.15) is 0 Å². The highest BCUT2D eigenvalue weighted by molar-refractivity contribution is 5.95. The summed E-state index contributed by atoms with van der Waals surface area (Å²) in [6.07, 6.45) is 2.79. The lowest BCUT2D eigenvalue weighted by atomic mass is 9.95. The molecule has 2 amide bonds. The van der Waals surface area contributed by atoms with E-state index in [-0.39, 0.29) is 30.1 Å². The van der Waals surface area contributed by atoms with Crippen LogP contribution >= 0.6 is 12.4 Å². The normalized spacial score (nSPS) is 20.9. The monoisotopic (exact) mass is 379 g/mol. The standard InChI is InChI=1S/C20H29N3O2.ClH/c1-15-11-16(2)13-18(12-15)20(25)23-8-3-5-17(14-23)19(24)22-9-4-6-21-7-10-22;/h11-13,17,21H,3-10,14H2,1-2H3;1H. The van der Waals surface area contributed by atoms with Crippen molar-refractivity contribution in [2.24, 2.45) is 5.92 Å². The molecule has 1 N–H and O–H groups in total. The fraction of sp³-hybridized carbons (Fsp3) is 0.600. The molecule has 0 bridgehead atoms. The third-order valence-electron chi connectivity index (χ3n) is 5.18. The molecule has 2 heterocycles. The maximum absolute atomic E-state index is 12.9. The Morgan fingerprint density at radius 2 is 1.65 bits per heavy atom. The molecule has 5 nitrogen and oxygen atoms in total. The predicted molar refractivity (Wildman–Crippen MR) is 106 cm³/mol. The van der Waals surface area contributed by atoms with Crippen LogP contribution in [0.1, 0.15) is 40.7 Å². The van der Waals surface area contributed by atoms with E-state index in [2.05, 4.69) is 11.4 Å². The first-order chi connectivity index (χ1) is 12.0. The van der Waals surface area contributed by atoms with Crippen molar-refractivity contribution in [1.29, 1.82) is 0 Å². The van der Waals surface area contributed by atoms with E-state index in [0.29, 0.717) is 6.54 Å². The summed E-state index contributed by atoms with van der Waals surface area (Å²) in [6, 6.07) is 5.97. The Morgan fingerprint density at radius 3 is 2.38 bits per heavy atom. The molecule has 2 aliphatic rings. The quantitative estimate of drug-likeness (QED) is 0.858. The minimum absolute atomic E-state index is 0. The molecule has 1 unspecified atom stereocenters. The Balaban J connectivity index is 0.00000243. The Hall–Kier alpha value is -1.59. The number of hydrogen-bond donors (Lipinski definition) is 1. The number of piperidine rings is 1. The summed E-state index contributed by atoms with van der Waals surface area (Å²) < 4.78 is 0. The molecule has 26 heavy (non-hydrogen) atoms. The third-order valence-corrected chi connectivity index (χ3v) is 5.18. The number of hydrogen-bond acceptors (Lipinski definition) is 3. The topological polar surface area (TPSA) is 52.7 Å². The van der Waals surface area contributed by atoms with E-state index >= 15 is 0 Å². The van der Waals surface area contributed by atoms with Gasteiger partial charge in [0.1, 0.15) is 0 Å². The zero-order valence-electron chi connectivity index (χ0n) is 15.8. The van der Waals surface area contributed by atoms with Gasteiger partial charge in [-0.15, -0.1) is 12.4 Å². The number of nitrogens with zero attached hydrogens (tertiary/aromatic N) is 2. The van der Waals surface area contributed by atoms with E-state index < -0.39 is 0 Å². The smallest absolute Gasteiger partial charge is 0.253 e. The molecule has 1 aromatic rings. The van der Waals surface area contributed by atoms with Crippen LogP contribution in [0.4, 0.5) is 0 Å². The molecule has 1 aromatic carbocycles. The van der Waals surface area contributed by atoms with Crippen LogP contribution in [0.5, 0.6) is 0 Å². The van der Waals surface area contributed by atoms with Crippen molar-refractivity contribution in [2.75, 3.05) is 39.3 Å². The van der Waals surface area contributed by atoms with Gasteiger partial charge < -0.3 is 15.1 Å². The van der Waals surface area contributed by atoms with Gasteiger partial charge in [-0.1, -0.05) is 17.2 Å². The van der Waals surface area contributed by atoms with Crippen molar-refractivity contribution in [3.63, 3.8) is 0 Å². The number of aryl methyl sites for hydroxylation is 2. The van der Waals surface area contributed by atoms with Crippen LogP contribution in [0, 0.1) is 19.8 Å². The first-order valence-corrected chi connectivity index (χ1v) is 9.41. The molecule has 6 heteroatoms. The average Bonchev–Trinajstić information content (AvgIpc) is 2.89. The summed E-state index contributed by atoms with van der Waals surface area (Å²) in [5.41, 5.74) is 2.94. The Bertz CT molecular complexity index is 622. The first-order valence-electron chi connectivity index (χ1n) is 9.41. The van der Waals surface area contributed by atoms with Gasteiger partial charge in [0.15, 0.2) is 0 Å². The van der Waals surface area contributed by atoms with Crippen LogP contribution in [0.3, 0.4) is 0 Å². The number of halogens is 1. The molecule has 2 fully saturated rings. The second-order valence-electron chi connectivity index (χ2n) is 7.40. The van der Waals surface area contributed by atoms with Gasteiger partial charge >= 0.3 is 0 Å². The first kappa shape index (κ1) is 20.7. The van der Waals surface area contributed by atoms with E-state index in [0.717, 1.165) is 68.7 Å². The van der Waals surface area contributed by atoms with Gasteiger partial charge in [0.05, 0.1) is 5.92 Å². The number of rotatable bonds is 2. The van der Waals surface area contributed by atoms with Gasteiger partial charge in [0.25, 0.3) is 5.91 Å². The fourth-order valence-electron chi connectivity index (χ4n) is 3.97. The van der Waals surface area contributed by atoms with Crippen LogP contribution in [0.25, 0.3) is 0 Å². The number of carbonyl (C=O) groups is 2. The highest BCUT2D eigenvalue weighted by atomic mass is 35.5. The second-order valence-corrected chi connectivity index (χ2v) is 7.40. The van der Waals surface area contributed by atoms with Crippen LogP contribution in [0.15, 0.2) is 18.2 Å². The van der Waals surface area contributed by atoms with Gasteiger partial charge in [0, 0.05) is 38.3 Å². The molecule has 3 rings (SSSR count). The highest BCUT2D eigenvalue weighted by Gasteiger charge is 2.31.